The topological polar surface area (TPSA) is 43.2 Å². The molecule has 0 atom stereocenters. The van der Waals surface area contributed by atoms with Gasteiger partial charge in [-0.3, -0.25) is 9.98 Å². The summed E-state index contributed by atoms with van der Waals surface area (Å²) >= 11 is 0. The summed E-state index contributed by atoms with van der Waals surface area (Å²) in [5.74, 6) is 1.62. The summed E-state index contributed by atoms with van der Waals surface area (Å²) in [6.45, 7) is 11.9. The largest absolute Gasteiger partial charge is 0.518 e. The van der Waals surface area contributed by atoms with E-state index < -0.39 is 6.15 Å². The van der Waals surface area contributed by atoms with Gasteiger partial charge in [-0.2, -0.15) is 11.8 Å². The van der Waals surface area contributed by atoms with Crippen LogP contribution in [0.1, 0.15) is 41.0 Å². The Morgan fingerprint density at radius 3 is 1.79 bits per heavy atom. The van der Waals surface area contributed by atoms with Gasteiger partial charge in [-0.1, -0.05) is 43.7 Å². The first-order chi connectivity index (χ1) is 11.3. The summed E-state index contributed by atoms with van der Waals surface area (Å²) in [7, 11) is 0. The second kappa shape index (κ2) is 5.94. The lowest BCUT2D eigenvalue weighted by Gasteiger charge is -2.39. The van der Waals surface area contributed by atoms with E-state index in [1.165, 1.54) is 5.46 Å². The predicted octanol–water partition coefficient (Wildman–Crippen LogP) is 3.25. The van der Waals surface area contributed by atoms with E-state index in [2.05, 4.69) is 58.9 Å². The highest BCUT2D eigenvalue weighted by molar-refractivity contribution is 7.31. The lowest BCUT2D eigenvalue weighted by atomic mass is 9.19. The van der Waals surface area contributed by atoms with Crippen LogP contribution in [0.25, 0.3) is 0 Å². The fraction of sp³-hybridized carbons (Fsp3) is 0.579. The summed E-state index contributed by atoms with van der Waals surface area (Å²) in [6.07, 6.45) is 0.555. The number of hydrogen-bond donors (Lipinski definition) is 0. The van der Waals surface area contributed by atoms with Crippen molar-refractivity contribution >= 4 is 23.2 Å². The van der Waals surface area contributed by atoms with Crippen LogP contribution in [0.4, 0.5) is 0 Å². The van der Waals surface area contributed by atoms with Gasteiger partial charge in [0.15, 0.2) is 0 Å². The summed E-state index contributed by atoms with van der Waals surface area (Å²) in [4.78, 5) is 9.88. The van der Waals surface area contributed by atoms with Gasteiger partial charge < -0.3 is 9.47 Å². The van der Waals surface area contributed by atoms with Gasteiger partial charge in [0.05, 0.1) is 11.1 Å². The molecule has 0 unspecified atom stereocenters. The molecule has 0 amide bonds. The lowest BCUT2D eigenvalue weighted by molar-refractivity contribution is 0.278. The Bertz CT molecular complexity index is 631. The van der Waals surface area contributed by atoms with Crippen LogP contribution >= 0.6 is 0 Å². The van der Waals surface area contributed by atoms with Crippen LogP contribution < -0.4 is 5.46 Å². The Balaban J connectivity index is 2.20. The highest BCUT2D eigenvalue weighted by atomic mass is 16.5. The normalized spacial score (nSPS) is 21.7. The molecule has 0 N–H and O–H groups in total. The molecule has 130 valence electrons. The van der Waals surface area contributed by atoms with Crippen molar-refractivity contribution in [3.63, 3.8) is 0 Å². The van der Waals surface area contributed by atoms with E-state index in [9.17, 15) is 0 Å². The van der Waals surface area contributed by atoms with Gasteiger partial charge in [-0.15, -0.1) is 0 Å². The molecular formula is C19H28BN2O2-. The molecule has 0 saturated carbocycles. The van der Waals surface area contributed by atoms with Gasteiger partial charge >= 0.3 is 0 Å². The van der Waals surface area contributed by atoms with Crippen molar-refractivity contribution in [2.75, 3.05) is 13.2 Å². The summed E-state index contributed by atoms with van der Waals surface area (Å²) < 4.78 is 12.3. The zero-order chi connectivity index (χ0) is 17.4. The van der Waals surface area contributed by atoms with Gasteiger partial charge in [-0.25, -0.2) is 0 Å². The smallest absolute Gasteiger partial charge is 0.205 e. The number of benzene rings is 1. The Labute approximate surface area is 145 Å². The van der Waals surface area contributed by atoms with E-state index in [4.69, 9.17) is 19.5 Å². The Kier molecular flexibility index (Phi) is 4.22. The van der Waals surface area contributed by atoms with Crippen LogP contribution in [0, 0.1) is 0 Å². The third kappa shape index (κ3) is 2.96. The zero-order valence-electron chi connectivity index (χ0n) is 15.5. The van der Waals surface area contributed by atoms with E-state index in [0.717, 1.165) is 24.3 Å². The lowest BCUT2D eigenvalue weighted by Crippen LogP contribution is -2.62. The third-order valence-electron chi connectivity index (χ3n) is 4.91. The first-order valence-electron chi connectivity index (χ1n) is 8.98. The Hall–Kier alpha value is -1.78. The molecular weight excluding hydrogens is 299 g/mol. The van der Waals surface area contributed by atoms with Crippen molar-refractivity contribution in [2.45, 2.75) is 58.4 Å². The van der Waals surface area contributed by atoms with E-state index in [0.29, 0.717) is 13.2 Å². The van der Waals surface area contributed by atoms with E-state index in [1.54, 1.807) is 0 Å². The van der Waals surface area contributed by atoms with Gasteiger partial charge in [0.25, 0.3) is 0 Å². The number of aliphatic imine (C=N–C) groups is 2. The standard InChI is InChI=1S/C19H28BN2O2/c1-6-12-20(15-10-8-7-9-11-15,16-21-18(2,3)13-23-16)17-22-19(4,5)14-24-17/h7-11H,6,12-14H2,1-5H3/q-1. The van der Waals surface area contributed by atoms with Crippen molar-refractivity contribution in [1.29, 1.82) is 0 Å². The molecule has 0 fully saturated rings. The van der Waals surface area contributed by atoms with Crippen molar-refractivity contribution in [1.82, 2.24) is 0 Å². The molecule has 3 rings (SSSR count). The van der Waals surface area contributed by atoms with Crippen molar-refractivity contribution < 1.29 is 9.47 Å². The third-order valence-corrected chi connectivity index (χ3v) is 4.91. The molecule has 0 aliphatic carbocycles. The summed E-state index contributed by atoms with van der Waals surface area (Å²) in [5.41, 5.74) is 0.811. The molecule has 2 aliphatic heterocycles. The van der Waals surface area contributed by atoms with Gasteiger partial charge in [0.1, 0.15) is 13.2 Å². The van der Waals surface area contributed by atoms with Crippen LogP contribution in [0.3, 0.4) is 0 Å². The minimum atomic E-state index is -1.38. The molecule has 0 radical (unpaired) electrons. The first kappa shape index (κ1) is 17.1. The average Bonchev–Trinajstić information content (AvgIpc) is 3.08. The van der Waals surface area contributed by atoms with Crippen LogP contribution in [0.5, 0.6) is 0 Å². The molecule has 5 heteroatoms. The highest BCUT2D eigenvalue weighted by Crippen LogP contribution is 2.30. The molecule has 0 aromatic heterocycles. The number of rotatable bonds is 5. The van der Waals surface area contributed by atoms with Crippen molar-refractivity contribution in [3.05, 3.63) is 30.3 Å². The predicted molar refractivity (Wildman–Crippen MR) is 102 cm³/mol. The maximum Gasteiger partial charge on any atom is 0.205 e. The molecule has 0 bridgehead atoms. The van der Waals surface area contributed by atoms with Gasteiger partial charge in [0, 0.05) is 11.6 Å². The number of ether oxygens (including phenoxy) is 2. The van der Waals surface area contributed by atoms with E-state index in [-0.39, 0.29) is 11.1 Å². The monoisotopic (exact) mass is 327 g/mol. The molecule has 1 aromatic carbocycles. The first-order valence-corrected chi connectivity index (χ1v) is 8.98. The molecule has 24 heavy (non-hydrogen) atoms. The molecule has 0 saturated heterocycles. The van der Waals surface area contributed by atoms with Crippen LogP contribution in [0.15, 0.2) is 40.3 Å². The molecule has 4 nitrogen and oxygen atoms in total. The molecule has 2 aliphatic rings. The van der Waals surface area contributed by atoms with Crippen molar-refractivity contribution in [2.24, 2.45) is 9.98 Å². The Morgan fingerprint density at radius 2 is 1.42 bits per heavy atom. The average molecular weight is 327 g/mol. The fourth-order valence-electron chi connectivity index (χ4n) is 3.75. The molecule has 1 aromatic rings. The number of hydrogen-bond acceptors (Lipinski definition) is 4. The maximum absolute atomic E-state index is 6.14. The minimum absolute atomic E-state index is 0.195. The number of nitrogens with zero attached hydrogens (tertiary/aromatic N) is 2. The second-order valence-corrected chi connectivity index (χ2v) is 8.35. The van der Waals surface area contributed by atoms with Gasteiger partial charge in [-0.05, 0) is 27.7 Å². The second-order valence-electron chi connectivity index (χ2n) is 8.35. The minimum Gasteiger partial charge on any atom is -0.518 e. The Morgan fingerprint density at radius 1 is 0.917 bits per heavy atom. The highest BCUT2D eigenvalue weighted by Gasteiger charge is 2.46. The van der Waals surface area contributed by atoms with E-state index >= 15 is 0 Å². The quantitative estimate of drug-likeness (QED) is 0.779. The van der Waals surface area contributed by atoms with Crippen molar-refractivity contribution in [3.8, 4) is 0 Å². The zero-order valence-corrected chi connectivity index (χ0v) is 15.5. The van der Waals surface area contributed by atoms with Gasteiger partial charge in [0.2, 0.25) is 6.15 Å². The summed E-state index contributed by atoms with van der Waals surface area (Å²) in [5, 5.41) is 0. The van der Waals surface area contributed by atoms with Crippen LogP contribution in [-0.2, 0) is 9.47 Å². The SMILES string of the molecule is CCC[B-](C1=NC(C)(C)CO1)(C1=NC(C)(C)CO1)c1ccccc1. The molecule has 0 spiro atoms. The van der Waals surface area contributed by atoms with Crippen LogP contribution in [0.2, 0.25) is 6.32 Å². The fourth-order valence-corrected chi connectivity index (χ4v) is 3.75. The summed E-state index contributed by atoms with van der Waals surface area (Å²) in [6, 6.07) is 10.5. The maximum atomic E-state index is 6.14. The molecule has 2 heterocycles. The van der Waals surface area contributed by atoms with E-state index in [1.807, 2.05) is 6.07 Å². The van der Waals surface area contributed by atoms with Crippen LogP contribution in [-0.4, -0.2) is 42.0 Å².